The standard InChI is InChI=1S/C19H22N4O2S/c1-25-16-9-5-8-15(12-16)22-10-11-23-17(18(22)24)20-21-19(23)26-13-14-6-3-2-4-7-14/h5,8-12,14H,2-4,6-7,13H2,1H3. The van der Waals surface area contributed by atoms with Crippen LogP contribution in [0.15, 0.2) is 46.6 Å². The maximum absolute atomic E-state index is 12.8. The van der Waals surface area contributed by atoms with Crippen molar-refractivity contribution in [1.29, 1.82) is 0 Å². The number of hydrogen-bond acceptors (Lipinski definition) is 5. The van der Waals surface area contributed by atoms with E-state index in [2.05, 4.69) is 10.2 Å². The van der Waals surface area contributed by atoms with Crippen LogP contribution in [0, 0.1) is 5.92 Å². The third-order valence-electron chi connectivity index (χ3n) is 4.94. The Bertz CT molecular complexity index is 960. The molecule has 0 aliphatic heterocycles. The van der Waals surface area contributed by atoms with E-state index in [1.165, 1.54) is 32.1 Å². The first-order chi connectivity index (χ1) is 12.8. The van der Waals surface area contributed by atoms with Crippen LogP contribution in [0.5, 0.6) is 5.75 Å². The van der Waals surface area contributed by atoms with Gasteiger partial charge in [0.25, 0.3) is 0 Å². The third kappa shape index (κ3) is 3.35. The quantitative estimate of drug-likeness (QED) is 0.643. The molecule has 1 aliphatic rings. The molecule has 0 amide bonds. The fourth-order valence-corrected chi connectivity index (χ4v) is 4.58. The first kappa shape index (κ1) is 17.1. The summed E-state index contributed by atoms with van der Waals surface area (Å²) in [5.74, 6) is 2.50. The Labute approximate surface area is 156 Å². The number of fused-ring (bicyclic) bond motifs is 1. The number of ether oxygens (including phenoxy) is 1. The first-order valence-electron chi connectivity index (χ1n) is 9.00. The van der Waals surface area contributed by atoms with Crippen LogP contribution >= 0.6 is 11.8 Å². The van der Waals surface area contributed by atoms with Crippen LogP contribution in [0.4, 0.5) is 0 Å². The predicted octanol–water partition coefficient (Wildman–Crippen LogP) is 3.56. The van der Waals surface area contributed by atoms with Crippen molar-refractivity contribution in [2.24, 2.45) is 5.92 Å². The van der Waals surface area contributed by atoms with Crippen molar-refractivity contribution in [1.82, 2.24) is 19.2 Å². The molecule has 1 aromatic carbocycles. The first-order valence-corrected chi connectivity index (χ1v) is 9.98. The highest BCUT2D eigenvalue weighted by molar-refractivity contribution is 7.99. The lowest BCUT2D eigenvalue weighted by atomic mass is 9.91. The maximum Gasteiger partial charge on any atom is 0.300 e. The Morgan fingerprint density at radius 2 is 2.04 bits per heavy atom. The monoisotopic (exact) mass is 370 g/mol. The fraction of sp³-hybridized carbons (Fsp3) is 0.421. The summed E-state index contributed by atoms with van der Waals surface area (Å²) in [6, 6.07) is 7.41. The smallest absolute Gasteiger partial charge is 0.300 e. The molecule has 136 valence electrons. The Hall–Kier alpha value is -2.28. The minimum absolute atomic E-state index is 0.183. The van der Waals surface area contributed by atoms with E-state index in [9.17, 15) is 4.79 Å². The SMILES string of the molecule is COc1cccc(-n2ccn3c(SCC4CCCCC4)nnc3c2=O)c1. The van der Waals surface area contributed by atoms with Crippen molar-refractivity contribution in [3.8, 4) is 11.4 Å². The van der Waals surface area contributed by atoms with E-state index in [4.69, 9.17) is 4.74 Å². The minimum Gasteiger partial charge on any atom is -0.497 e. The fourth-order valence-electron chi connectivity index (χ4n) is 3.47. The van der Waals surface area contributed by atoms with Crippen molar-refractivity contribution in [2.45, 2.75) is 37.3 Å². The van der Waals surface area contributed by atoms with Gasteiger partial charge in [0, 0.05) is 24.2 Å². The zero-order chi connectivity index (χ0) is 17.9. The van der Waals surface area contributed by atoms with E-state index < -0.39 is 0 Å². The number of methoxy groups -OCH3 is 1. The molecule has 7 heteroatoms. The van der Waals surface area contributed by atoms with Gasteiger partial charge in [-0.15, -0.1) is 10.2 Å². The molecule has 0 spiro atoms. The van der Waals surface area contributed by atoms with Crippen molar-refractivity contribution in [3.05, 3.63) is 47.0 Å². The van der Waals surface area contributed by atoms with Crippen LogP contribution in [0.3, 0.4) is 0 Å². The van der Waals surface area contributed by atoms with Crippen molar-refractivity contribution in [3.63, 3.8) is 0 Å². The molecule has 2 aromatic heterocycles. The van der Waals surface area contributed by atoms with Gasteiger partial charge in [-0.1, -0.05) is 37.1 Å². The van der Waals surface area contributed by atoms with Crippen LogP contribution in [-0.2, 0) is 0 Å². The lowest BCUT2D eigenvalue weighted by Gasteiger charge is -2.20. The highest BCUT2D eigenvalue weighted by Gasteiger charge is 2.17. The lowest BCUT2D eigenvalue weighted by molar-refractivity contribution is 0.390. The maximum atomic E-state index is 12.8. The number of benzene rings is 1. The predicted molar refractivity (Wildman–Crippen MR) is 102 cm³/mol. The average Bonchev–Trinajstić information content (AvgIpc) is 3.11. The van der Waals surface area contributed by atoms with E-state index in [0.29, 0.717) is 11.4 Å². The summed E-state index contributed by atoms with van der Waals surface area (Å²) in [6.07, 6.45) is 10.2. The van der Waals surface area contributed by atoms with Gasteiger partial charge in [0.15, 0.2) is 5.16 Å². The topological polar surface area (TPSA) is 61.4 Å². The molecule has 0 saturated heterocycles. The van der Waals surface area contributed by atoms with Gasteiger partial charge in [-0.3, -0.25) is 13.8 Å². The second-order valence-electron chi connectivity index (χ2n) is 6.67. The summed E-state index contributed by atoms with van der Waals surface area (Å²) >= 11 is 1.70. The summed E-state index contributed by atoms with van der Waals surface area (Å²) in [5, 5.41) is 9.18. The van der Waals surface area contributed by atoms with Crippen LogP contribution in [-0.4, -0.2) is 32.0 Å². The molecule has 0 bridgehead atoms. The number of aromatic nitrogens is 4. The molecule has 1 saturated carbocycles. The lowest BCUT2D eigenvalue weighted by Crippen LogP contribution is -2.20. The van der Waals surface area contributed by atoms with Gasteiger partial charge < -0.3 is 4.74 Å². The van der Waals surface area contributed by atoms with Gasteiger partial charge in [0.1, 0.15) is 5.75 Å². The minimum atomic E-state index is -0.183. The Morgan fingerprint density at radius 1 is 1.19 bits per heavy atom. The zero-order valence-electron chi connectivity index (χ0n) is 14.8. The zero-order valence-corrected chi connectivity index (χ0v) is 15.6. The molecular weight excluding hydrogens is 348 g/mol. The Morgan fingerprint density at radius 3 is 2.85 bits per heavy atom. The normalized spacial score (nSPS) is 15.4. The van der Waals surface area contributed by atoms with Crippen LogP contribution < -0.4 is 10.3 Å². The molecule has 1 aliphatic carbocycles. The number of rotatable bonds is 5. The number of hydrogen-bond donors (Lipinski definition) is 0. The van der Waals surface area contributed by atoms with Crippen molar-refractivity contribution in [2.75, 3.05) is 12.9 Å². The second-order valence-corrected chi connectivity index (χ2v) is 7.65. The van der Waals surface area contributed by atoms with E-state index in [0.717, 1.165) is 22.5 Å². The second kappa shape index (κ2) is 7.53. The molecule has 4 rings (SSSR count). The summed E-state index contributed by atoms with van der Waals surface area (Å²) < 4.78 is 8.62. The van der Waals surface area contributed by atoms with E-state index in [1.54, 1.807) is 34.0 Å². The van der Waals surface area contributed by atoms with E-state index in [1.807, 2.05) is 30.5 Å². The molecule has 6 nitrogen and oxygen atoms in total. The highest BCUT2D eigenvalue weighted by Crippen LogP contribution is 2.29. The van der Waals surface area contributed by atoms with Gasteiger partial charge in [0.2, 0.25) is 5.65 Å². The van der Waals surface area contributed by atoms with E-state index >= 15 is 0 Å². The Kier molecular flexibility index (Phi) is 4.97. The van der Waals surface area contributed by atoms with Crippen LogP contribution in [0.1, 0.15) is 32.1 Å². The molecule has 2 heterocycles. The van der Waals surface area contributed by atoms with Gasteiger partial charge in [-0.25, -0.2) is 0 Å². The van der Waals surface area contributed by atoms with Gasteiger partial charge in [-0.05, 0) is 30.9 Å². The van der Waals surface area contributed by atoms with Crippen LogP contribution in [0.2, 0.25) is 0 Å². The number of nitrogens with zero attached hydrogens (tertiary/aromatic N) is 4. The summed E-state index contributed by atoms with van der Waals surface area (Å²) in [4.78, 5) is 12.8. The van der Waals surface area contributed by atoms with Gasteiger partial charge in [-0.2, -0.15) is 0 Å². The molecule has 0 unspecified atom stereocenters. The molecule has 0 radical (unpaired) electrons. The highest BCUT2D eigenvalue weighted by atomic mass is 32.2. The average molecular weight is 370 g/mol. The van der Waals surface area contributed by atoms with Gasteiger partial charge in [0.05, 0.1) is 12.8 Å². The van der Waals surface area contributed by atoms with Gasteiger partial charge >= 0.3 is 5.56 Å². The molecule has 1 fully saturated rings. The molecule has 3 aromatic rings. The molecular formula is C19H22N4O2S. The molecule has 0 N–H and O–H groups in total. The summed E-state index contributed by atoms with van der Waals surface area (Å²) in [7, 11) is 1.61. The van der Waals surface area contributed by atoms with E-state index in [-0.39, 0.29) is 5.56 Å². The van der Waals surface area contributed by atoms with Crippen molar-refractivity contribution >= 4 is 17.4 Å². The molecule has 0 atom stereocenters. The third-order valence-corrected chi connectivity index (χ3v) is 6.12. The van der Waals surface area contributed by atoms with Crippen molar-refractivity contribution < 1.29 is 4.74 Å². The summed E-state index contributed by atoms with van der Waals surface area (Å²) in [5.41, 5.74) is 0.912. The molecule has 26 heavy (non-hydrogen) atoms. The van der Waals surface area contributed by atoms with Crippen LogP contribution in [0.25, 0.3) is 11.3 Å². The number of thioether (sulfide) groups is 1. The largest absolute Gasteiger partial charge is 0.497 e. The summed E-state index contributed by atoms with van der Waals surface area (Å²) in [6.45, 7) is 0. The Balaban J connectivity index is 1.61.